The van der Waals surface area contributed by atoms with Gasteiger partial charge in [0, 0.05) is 0 Å². The number of hydrogen-bond donors (Lipinski definition) is 0. The monoisotopic (exact) mass is 636 g/mol. The fourth-order valence-corrected chi connectivity index (χ4v) is 30.4. The molecule has 0 aromatic carbocycles. The molecule has 0 saturated heterocycles. The van der Waals surface area contributed by atoms with Crippen LogP contribution >= 0.6 is 0 Å². The van der Waals surface area contributed by atoms with Crippen LogP contribution in [0.5, 0.6) is 0 Å². The van der Waals surface area contributed by atoms with Gasteiger partial charge < -0.3 is 0 Å². The molecular weight excluding hydrogens is 574 g/mol. The van der Waals surface area contributed by atoms with Crippen LogP contribution in [0.15, 0.2) is 21.3 Å². The molecule has 0 aliphatic rings. The van der Waals surface area contributed by atoms with E-state index in [1.54, 1.807) is 26.6 Å². The first-order chi connectivity index (χ1) is 14.5. The number of rotatable bonds is 20. The van der Waals surface area contributed by atoms with E-state index in [9.17, 15) is 0 Å². The van der Waals surface area contributed by atoms with Crippen molar-refractivity contribution in [2.75, 3.05) is 0 Å². The normalized spacial score (nSPS) is 11.7. The van der Waals surface area contributed by atoms with Crippen LogP contribution < -0.4 is 0 Å². The van der Waals surface area contributed by atoms with E-state index in [1.165, 1.54) is 77.0 Å². The standard InChI is InChI=1S/6C4H9.2C2H3.2Sn/c6*1-3-4-2;2*1-2;;/h6*1,3-4H2,2H3;2*1H,2H2;;. The molecule has 0 fully saturated rings. The van der Waals surface area contributed by atoms with Crippen molar-refractivity contribution in [1.82, 2.24) is 0 Å². The molecule has 0 atom stereocenters. The first kappa shape index (κ1) is 33.3. The maximum atomic E-state index is 4.19. The molecule has 0 aliphatic carbocycles. The first-order valence-corrected chi connectivity index (χ1v) is 29.2. The van der Waals surface area contributed by atoms with Gasteiger partial charge in [0.1, 0.15) is 0 Å². The Morgan fingerprint density at radius 3 is 0.667 bits per heavy atom. The van der Waals surface area contributed by atoms with Crippen LogP contribution in [0.1, 0.15) is 119 Å². The molecule has 0 aliphatic heterocycles. The fourth-order valence-electron chi connectivity index (χ4n) is 4.54. The van der Waals surface area contributed by atoms with Gasteiger partial charge in [0.2, 0.25) is 0 Å². The summed E-state index contributed by atoms with van der Waals surface area (Å²) in [4.78, 5) is 0. The molecule has 0 aromatic heterocycles. The van der Waals surface area contributed by atoms with Crippen molar-refractivity contribution in [3.63, 3.8) is 0 Å². The quantitative estimate of drug-likeness (QED) is 0.117. The van der Waals surface area contributed by atoms with E-state index >= 15 is 0 Å². The van der Waals surface area contributed by atoms with E-state index in [2.05, 4.69) is 62.9 Å². The van der Waals surface area contributed by atoms with Crippen LogP contribution in [0.2, 0.25) is 26.6 Å². The summed E-state index contributed by atoms with van der Waals surface area (Å²) in [5, 5.41) is 0. The minimum absolute atomic E-state index is 1.37. The van der Waals surface area contributed by atoms with Gasteiger partial charge in [-0.2, -0.15) is 0 Å². The van der Waals surface area contributed by atoms with Crippen molar-refractivity contribution in [2.24, 2.45) is 0 Å². The van der Waals surface area contributed by atoms with Crippen molar-refractivity contribution >= 4 is 36.8 Å². The van der Waals surface area contributed by atoms with E-state index in [0.717, 1.165) is 0 Å². The van der Waals surface area contributed by atoms with Gasteiger partial charge in [0.05, 0.1) is 0 Å². The van der Waals surface area contributed by atoms with E-state index in [4.69, 9.17) is 0 Å². The van der Waals surface area contributed by atoms with Crippen LogP contribution in [0.3, 0.4) is 0 Å². The topological polar surface area (TPSA) is 0 Å². The number of unbranched alkanes of at least 4 members (excludes halogenated alkanes) is 6. The van der Waals surface area contributed by atoms with Crippen LogP contribution in [0.4, 0.5) is 0 Å². The predicted octanol–water partition coefficient (Wildman–Crippen LogP) is 11.1. The van der Waals surface area contributed by atoms with E-state index in [1.807, 2.05) is 0 Å². The molecule has 0 unspecified atom stereocenters. The Balaban J connectivity index is 0. The zero-order valence-electron chi connectivity index (χ0n) is 22.3. The molecule has 0 radical (unpaired) electrons. The zero-order valence-corrected chi connectivity index (χ0v) is 28.0. The van der Waals surface area contributed by atoms with Crippen molar-refractivity contribution in [3.8, 4) is 0 Å². The Morgan fingerprint density at radius 2 is 0.567 bits per heavy atom. The predicted molar refractivity (Wildman–Crippen MR) is 150 cm³/mol. The third-order valence-electron chi connectivity index (χ3n) is 7.04. The second-order valence-electron chi connectivity index (χ2n) is 9.75. The summed E-state index contributed by atoms with van der Waals surface area (Å²) in [6.45, 7) is 22.3. The van der Waals surface area contributed by atoms with E-state index < -0.39 is 36.8 Å². The average molecular weight is 634 g/mol. The van der Waals surface area contributed by atoms with Crippen molar-refractivity contribution in [3.05, 3.63) is 21.3 Å². The molecule has 2 heteroatoms. The Bertz CT molecular complexity index is 295. The van der Waals surface area contributed by atoms with Gasteiger partial charge in [0.15, 0.2) is 0 Å². The molecule has 180 valence electrons. The van der Waals surface area contributed by atoms with Crippen LogP contribution in [-0.4, -0.2) is 36.8 Å². The second kappa shape index (κ2) is 23.2. The summed E-state index contributed by atoms with van der Waals surface area (Å²) in [7, 11) is 0. The third kappa shape index (κ3) is 16.7. The summed E-state index contributed by atoms with van der Waals surface area (Å²) in [5.74, 6) is 0. The minimum atomic E-state index is -1.85. The Labute approximate surface area is 201 Å². The Morgan fingerprint density at radius 1 is 0.400 bits per heavy atom. The molecule has 0 spiro atoms. The first-order valence-electron chi connectivity index (χ1n) is 13.8. The molecule has 0 bridgehead atoms. The van der Waals surface area contributed by atoms with Gasteiger partial charge in [-0.15, -0.1) is 0 Å². The van der Waals surface area contributed by atoms with Crippen LogP contribution in [0, 0.1) is 0 Å². The van der Waals surface area contributed by atoms with Crippen molar-refractivity contribution < 1.29 is 0 Å². The molecule has 0 N–H and O–H groups in total. The zero-order chi connectivity index (χ0) is 23.1. The van der Waals surface area contributed by atoms with Gasteiger partial charge in [0.25, 0.3) is 0 Å². The second-order valence-corrected chi connectivity index (χ2v) is 36.2. The molecule has 0 nitrogen and oxygen atoms in total. The van der Waals surface area contributed by atoms with Gasteiger partial charge in [-0.25, -0.2) is 0 Å². The molecular formula is C28H60Sn2. The summed E-state index contributed by atoms with van der Waals surface area (Å²) >= 11 is -3.70. The molecule has 30 heavy (non-hydrogen) atoms. The van der Waals surface area contributed by atoms with Crippen molar-refractivity contribution in [1.29, 1.82) is 0 Å². The fraction of sp³-hybridized carbons (Fsp3) is 0.857. The molecule has 0 heterocycles. The SMILES string of the molecule is C=[CH][Sn]([CH2]CCC)([CH2]CCC)[CH2]CCC.C=[CH][Sn]([CH2]CCC)([CH2]CCC)[CH2]CCC. The van der Waals surface area contributed by atoms with Crippen LogP contribution in [-0.2, 0) is 0 Å². The van der Waals surface area contributed by atoms with Gasteiger partial charge in [-0.1, -0.05) is 0 Å². The summed E-state index contributed by atoms with van der Waals surface area (Å²) in [6, 6.07) is 0. The third-order valence-corrected chi connectivity index (χ3v) is 35.1. The molecule has 0 amide bonds. The number of hydrogen-bond acceptors (Lipinski definition) is 0. The van der Waals surface area contributed by atoms with Crippen molar-refractivity contribution in [2.45, 2.75) is 145 Å². The maximum absolute atomic E-state index is 4.19. The van der Waals surface area contributed by atoms with E-state index in [0.29, 0.717) is 0 Å². The van der Waals surface area contributed by atoms with Gasteiger partial charge in [-0.3, -0.25) is 0 Å². The summed E-state index contributed by atoms with van der Waals surface area (Å²) in [6.07, 6.45) is 16.9. The Hall–Kier alpha value is 1.08. The van der Waals surface area contributed by atoms with Gasteiger partial charge >= 0.3 is 203 Å². The summed E-state index contributed by atoms with van der Waals surface area (Å²) in [5.41, 5.74) is 0. The molecule has 0 saturated carbocycles. The Kier molecular flexibility index (Phi) is 25.8. The van der Waals surface area contributed by atoms with E-state index in [-0.39, 0.29) is 0 Å². The average Bonchev–Trinajstić information content (AvgIpc) is 2.79. The molecule has 0 rings (SSSR count). The van der Waals surface area contributed by atoms with Gasteiger partial charge in [-0.05, 0) is 0 Å². The summed E-state index contributed by atoms with van der Waals surface area (Å²) < 4.78 is 14.3. The van der Waals surface area contributed by atoms with Crippen LogP contribution in [0.25, 0.3) is 0 Å². The molecule has 0 aromatic rings.